The van der Waals surface area contributed by atoms with Crippen LogP contribution in [0.1, 0.15) is 6.42 Å². The number of carboxylic acid groups (broad SMARTS) is 1. The zero-order chi connectivity index (χ0) is 17.6. The molecule has 0 saturated heterocycles. The Balaban J connectivity index is 2.78. The van der Waals surface area contributed by atoms with Crippen LogP contribution in [0.25, 0.3) is 0 Å². The number of nitrogens with one attached hydrogen (secondary N) is 1. The van der Waals surface area contributed by atoms with Gasteiger partial charge in [0.15, 0.2) is 6.61 Å². The standard InChI is InChI=1S/C13H14F4N2O4/c1-19(5-4-11(20)21)12(22)18-9-3-2-8(14)6-10(9)23-7-13(15,16)17/h2-3,6H,4-5,7H2,1H3,(H,18,22)(H,20,21). The van der Waals surface area contributed by atoms with Gasteiger partial charge in [0, 0.05) is 19.7 Å². The molecule has 0 radical (unpaired) electrons. The van der Waals surface area contributed by atoms with Gasteiger partial charge in [-0.1, -0.05) is 0 Å². The van der Waals surface area contributed by atoms with Crippen LogP contribution < -0.4 is 10.1 Å². The van der Waals surface area contributed by atoms with Crippen molar-refractivity contribution in [2.45, 2.75) is 12.6 Å². The van der Waals surface area contributed by atoms with Gasteiger partial charge in [-0.25, -0.2) is 9.18 Å². The number of carboxylic acids is 1. The highest BCUT2D eigenvalue weighted by Crippen LogP contribution is 2.27. The Labute approximate surface area is 128 Å². The maximum absolute atomic E-state index is 13.1. The number of halogens is 4. The second-order valence-corrected chi connectivity index (χ2v) is 4.54. The van der Waals surface area contributed by atoms with Crippen molar-refractivity contribution in [1.29, 1.82) is 0 Å². The first-order valence-corrected chi connectivity index (χ1v) is 6.31. The summed E-state index contributed by atoms with van der Waals surface area (Å²) in [5, 5.41) is 10.8. The Bertz CT molecular complexity index is 578. The number of anilines is 1. The van der Waals surface area contributed by atoms with Crippen LogP contribution in [0.5, 0.6) is 5.75 Å². The fourth-order valence-corrected chi connectivity index (χ4v) is 1.45. The molecule has 0 spiro atoms. The number of alkyl halides is 3. The summed E-state index contributed by atoms with van der Waals surface area (Å²) < 4.78 is 54.1. The smallest absolute Gasteiger partial charge is 0.422 e. The molecule has 0 aliphatic rings. The van der Waals surface area contributed by atoms with Crippen molar-refractivity contribution in [1.82, 2.24) is 4.90 Å². The van der Waals surface area contributed by atoms with Crippen molar-refractivity contribution < 1.29 is 37.0 Å². The summed E-state index contributed by atoms with van der Waals surface area (Å²) in [6.45, 7) is -1.75. The van der Waals surface area contributed by atoms with Gasteiger partial charge in [0.25, 0.3) is 0 Å². The predicted molar refractivity (Wildman–Crippen MR) is 71.9 cm³/mol. The lowest BCUT2D eigenvalue weighted by Crippen LogP contribution is -2.33. The van der Waals surface area contributed by atoms with Crippen molar-refractivity contribution >= 4 is 17.7 Å². The van der Waals surface area contributed by atoms with Gasteiger partial charge in [-0.3, -0.25) is 4.79 Å². The molecule has 0 aliphatic heterocycles. The van der Waals surface area contributed by atoms with Crippen LogP contribution in [0.2, 0.25) is 0 Å². The third-order valence-electron chi connectivity index (χ3n) is 2.58. The molecule has 10 heteroatoms. The van der Waals surface area contributed by atoms with Gasteiger partial charge in [-0.05, 0) is 12.1 Å². The Hall–Kier alpha value is -2.52. The molecule has 128 valence electrons. The van der Waals surface area contributed by atoms with Gasteiger partial charge in [0.1, 0.15) is 11.6 Å². The van der Waals surface area contributed by atoms with E-state index in [0.717, 1.165) is 17.0 Å². The Morgan fingerprint density at radius 1 is 1.35 bits per heavy atom. The number of hydrogen-bond acceptors (Lipinski definition) is 3. The molecular weight excluding hydrogens is 324 g/mol. The summed E-state index contributed by atoms with van der Waals surface area (Å²) in [5.74, 6) is -2.43. The molecule has 1 aromatic carbocycles. The van der Waals surface area contributed by atoms with Gasteiger partial charge < -0.3 is 20.1 Å². The third-order valence-corrected chi connectivity index (χ3v) is 2.58. The van der Waals surface area contributed by atoms with Gasteiger partial charge in [0.05, 0.1) is 12.1 Å². The molecule has 0 aliphatic carbocycles. The third kappa shape index (κ3) is 6.85. The van der Waals surface area contributed by atoms with E-state index in [-0.39, 0.29) is 18.7 Å². The first-order chi connectivity index (χ1) is 10.6. The molecule has 6 nitrogen and oxygen atoms in total. The van der Waals surface area contributed by atoms with Crippen molar-refractivity contribution in [2.24, 2.45) is 0 Å². The number of ether oxygens (including phenoxy) is 1. The number of carbonyl (C=O) groups is 2. The average Bonchev–Trinajstić information content (AvgIpc) is 2.43. The van der Waals surface area contributed by atoms with Crippen molar-refractivity contribution in [3.63, 3.8) is 0 Å². The molecule has 0 aromatic heterocycles. The molecule has 23 heavy (non-hydrogen) atoms. The molecule has 0 fully saturated rings. The van der Waals surface area contributed by atoms with Crippen molar-refractivity contribution in [3.05, 3.63) is 24.0 Å². The second-order valence-electron chi connectivity index (χ2n) is 4.54. The van der Waals surface area contributed by atoms with Gasteiger partial charge >= 0.3 is 18.2 Å². The molecular formula is C13H14F4N2O4. The van der Waals surface area contributed by atoms with E-state index >= 15 is 0 Å². The van der Waals surface area contributed by atoms with Gasteiger partial charge in [-0.15, -0.1) is 0 Å². The van der Waals surface area contributed by atoms with E-state index in [0.29, 0.717) is 6.07 Å². The zero-order valence-corrected chi connectivity index (χ0v) is 12.0. The summed E-state index contributed by atoms with van der Waals surface area (Å²) in [7, 11) is 1.30. The van der Waals surface area contributed by atoms with Crippen LogP contribution in [-0.4, -0.2) is 48.4 Å². The number of aliphatic carboxylic acids is 1. The summed E-state index contributed by atoms with van der Waals surface area (Å²) in [6, 6.07) is 1.92. The first-order valence-electron chi connectivity index (χ1n) is 6.31. The molecule has 0 atom stereocenters. The highest BCUT2D eigenvalue weighted by molar-refractivity contribution is 5.91. The number of benzene rings is 1. The van der Waals surface area contributed by atoms with E-state index in [9.17, 15) is 27.2 Å². The topological polar surface area (TPSA) is 78.9 Å². The monoisotopic (exact) mass is 338 g/mol. The lowest BCUT2D eigenvalue weighted by Gasteiger charge is -2.19. The van der Waals surface area contributed by atoms with Crippen LogP contribution in [0, 0.1) is 5.82 Å². The number of hydrogen-bond donors (Lipinski definition) is 2. The first kappa shape index (κ1) is 18.5. The predicted octanol–water partition coefficient (Wildman–Crippen LogP) is 2.71. The summed E-state index contributed by atoms with van der Waals surface area (Å²) in [4.78, 5) is 23.3. The molecule has 1 rings (SSSR count). The molecule has 2 N–H and O–H groups in total. The van der Waals surface area contributed by atoms with Crippen LogP contribution in [0.3, 0.4) is 0 Å². The van der Waals surface area contributed by atoms with Crippen LogP contribution in [0.15, 0.2) is 18.2 Å². The van der Waals surface area contributed by atoms with Crippen molar-refractivity contribution in [2.75, 3.05) is 25.5 Å². The van der Waals surface area contributed by atoms with E-state index in [2.05, 4.69) is 10.1 Å². The Morgan fingerprint density at radius 3 is 2.57 bits per heavy atom. The fraction of sp³-hybridized carbons (Fsp3) is 0.385. The molecule has 0 bridgehead atoms. The SMILES string of the molecule is CN(CCC(=O)O)C(=O)Nc1ccc(F)cc1OCC(F)(F)F. The quantitative estimate of drug-likeness (QED) is 0.782. The Morgan fingerprint density at radius 2 is 2.00 bits per heavy atom. The molecule has 0 saturated carbocycles. The zero-order valence-electron chi connectivity index (χ0n) is 12.0. The van der Waals surface area contributed by atoms with Crippen LogP contribution >= 0.6 is 0 Å². The lowest BCUT2D eigenvalue weighted by atomic mass is 10.3. The van der Waals surface area contributed by atoms with Crippen LogP contribution in [-0.2, 0) is 4.79 Å². The largest absolute Gasteiger partial charge is 0.482 e. The highest BCUT2D eigenvalue weighted by Gasteiger charge is 2.29. The Kier molecular flexibility index (Phi) is 6.17. The maximum atomic E-state index is 13.1. The number of urea groups is 1. The molecule has 1 aromatic rings. The second kappa shape index (κ2) is 7.65. The van der Waals surface area contributed by atoms with E-state index < -0.39 is 36.4 Å². The van der Waals surface area contributed by atoms with E-state index in [1.54, 1.807) is 0 Å². The van der Waals surface area contributed by atoms with Gasteiger partial charge in [-0.2, -0.15) is 13.2 Å². The van der Waals surface area contributed by atoms with E-state index in [1.165, 1.54) is 7.05 Å². The van der Waals surface area contributed by atoms with E-state index in [4.69, 9.17) is 5.11 Å². The summed E-state index contributed by atoms with van der Waals surface area (Å²) in [5.41, 5.74) is -0.164. The van der Waals surface area contributed by atoms with Crippen molar-refractivity contribution in [3.8, 4) is 5.75 Å². The van der Waals surface area contributed by atoms with Gasteiger partial charge in [0.2, 0.25) is 0 Å². The number of amides is 2. The molecule has 2 amide bonds. The fourth-order valence-electron chi connectivity index (χ4n) is 1.45. The number of nitrogens with zero attached hydrogens (tertiary/aromatic N) is 1. The number of rotatable bonds is 6. The summed E-state index contributed by atoms with van der Waals surface area (Å²) >= 11 is 0. The molecule has 0 unspecified atom stereocenters. The summed E-state index contributed by atoms with van der Waals surface area (Å²) in [6.07, 6.45) is -4.92. The normalized spacial score (nSPS) is 11.0. The minimum absolute atomic E-state index is 0.110. The lowest BCUT2D eigenvalue weighted by molar-refractivity contribution is -0.153. The number of carbonyl (C=O) groups excluding carboxylic acids is 1. The molecule has 0 heterocycles. The minimum atomic E-state index is -4.62. The highest BCUT2D eigenvalue weighted by atomic mass is 19.4. The van der Waals surface area contributed by atoms with E-state index in [1.807, 2.05) is 0 Å². The van der Waals surface area contributed by atoms with Crippen LogP contribution in [0.4, 0.5) is 28.0 Å². The minimum Gasteiger partial charge on any atom is -0.482 e. The average molecular weight is 338 g/mol. The maximum Gasteiger partial charge on any atom is 0.422 e.